The summed E-state index contributed by atoms with van der Waals surface area (Å²) in [5.74, 6) is 0. The van der Waals surface area contributed by atoms with E-state index in [1.165, 1.54) is 12.1 Å². The summed E-state index contributed by atoms with van der Waals surface area (Å²) in [6.07, 6.45) is 0. The SMILES string of the molecule is Cc1ccc2c(C)cc(S(=O)(=O)[O-])cc2c1.[Na+]. The smallest absolute Gasteiger partial charge is 0.744 e. The Morgan fingerprint density at radius 1 is 1.06 bits per heavy atom. The van der Waals surface area contributed by atoms with Gasteiger partial charge in [0.05, 0.1) is 4.90 Å². The van der Waals surface area contributed by atoms with Crippen LogP contribution in [0.25, 0.3) is 10.8 Å². The Balaban J connectivity index is 0.00000144. The summed E-state index contributed by atoms with van der Waals surface area (Å²) in [7, 11) is -4.38. The van der Waals surface area contributed by atoms with E-state index in [1.54, 1.807) is 6.92 Å². The molecule has 2 rings (SSSR count). The zero-order valence-electron chi connectivity index (χ0n) is 10.0. The fourth-order valence-electron chi connectivity index (χ4n) is 1.79. The van der Waals surface area contributed by atoms with Gasteiger partial charge < -0.3 is 4.55 Å². The van der Waals surface area contributed by atoms with Gasteiger partial charge in [-0.15, -0.1) is 0 Å². The fraction of sp³-hybridized carbons (Fsp3) is 0.167. The molecule has 0 saturated heterocycles. The van der Waals surface area contributed by atoms with Crippen LogP contribution in [0, 0.1) is 13.8 Å². The van der Waals surface area contributed by atoms with Crippen molar-refractivity contribution in [1.29, 1.82) is 0 Å². The summed E-state index contributed by atoms with van der Waals surface area (Å²) in [5.41, 5.74) is 1.83. The van der Waals surface area contributed by atoms with E-state index < -0.39 is 10.1 Å². The standard InChI is InChI=1S/C12H12O3S.Na/c1-8-3-4-12-9(2)6-11(16(13,14)15)7-10(12)5-8;/h3-7H,1-2H3,(H,13,14,15);/q;+1/p-1. The molecule has 0 bridgehead atoms. The van der Waals surface area contributed by atoms with Crippen LogP contribution < -0.4 is 29.6 Å². The molecule has 0 radical (unpaired) electrons. The van der Waals surface area contributed by atoms with E-state index in [9.17, 15) is 13.0 Å². The number of benzene rings is 2. The number of hydrogen-bond donors (Lipinski definition) is 0. The molecule has 0 N–H and O–H groups in total. The third kappa shape index (κ3) is 3.09. The molecule has 3 nitrogen and oxygen atoms in total. The zero-order chi connectivity index (χ0) is 11.9. The summed E-state index contributed by atoms with van der Waals surface area (Å²) in [5, 5.41) is 1.76. The minimum absolute atomic E-state index is 0. The maximum Gasteiger partial charge on any atom is 1.00 e. The number of aryl methyl sites for hydroxylation is 2. The van der Waals surface area contributed by atoms with Gasteiger partial charge in [0.25, 0.3) is 0 Å². The first-order chi connectivity index (χ1) is 7.38. The second-order valence-electron chi connectivity index (χ2n) is 3.92. The van der Waals surface area contributed by atoms with Gasteiger partial charge >= 0.3 is 29.6 Å². The number of hydrogen-bond acceptors (Lipinski definition) is 3. The van der Waals surface area contributed by atoms with Crippen molar-refractivity contribution in [1.82, 2.24) is 0 Å². The maximum absolute atomic E-state index is 11.0. The van der Waals surface area contributed by atoms with Gasteiger partial charge in [0.2, 0.25) is 0 Å². The van der Waals surface area contributed by atoms with Gasteiger partial charge in [-0.05, 0) is 42.3 Å². The van der Waals surface area contributed by atoms with Crippen LogP contribution in [0.3, 0.4) is 0 Å². The third-order valence-corrected chi connectivity index (χ3v) is 3.39. The van der Waals surface area contributed by atoms with E-state index >= 15 is 0 Å². The van der Waals surface area contributed by atoms with Crippen LogP contribution in [0.2, 0.25) is 0 Å². The fourth-order valence-corrected chi connectivity index (χ4v) is 2.38. The molecule has 0 spiro atoms. The topological polar surface area (TPSA) is 57.2 Å². The Morgan fingerprint density at radius 2 is 1.71 bits per heavy atom. The predicted molar refractivity (Wildman–Crippen MR) is 61.4 cm³/mol. The van der Waals surface area contributed by atoms with Gasteiger partial charge in [-0.3, -0.25) is 0 Å². The predicted octanol–water partition coefficient (Wildman–Crippen LogP) is -0.635. The summed E-state index contributed by atoms with van der Waals surface area (Å²) >= 11 is 0. The molecule has 5 heteroatoms. The van der Waals surface area contributed by atoms with Gasteiger partial charge in [0, 0.05) is 0 Å². The Hall–Kier alpha value is -0.390. The Bertz CT molecular complexity index is 663. The first kappa shape index (κ1) is 14.7. The van der Waals surface area contributed by atoms with Crippen molar-refractivity contribution in [3.63, 3.8) is 0 Å². The zero-order valence-corrected chi connectivity index (χ0v) is 12.8. The summed E-state index contributed by atoms with van der Waals surface area (Å²) < 4.78 is 32.9. The van der Waals surface area contributed by atoms with Crippen LogP contribution in [0.15, 0.2) is 35.2 Å². The molecule has 0 aromatic heterocycles. The second-order valence-corrected chi connectivity index (χ2v) is 5.30. The molecule has 0 atom stereocenters. The molecule has 0 heterocycles. The Morgan fingerprint density at radius 3 is 2.29 bits per heavy atom. The van der Waals surface area contributed by atoms with Crippen molar-refractivity contribution in [3.8, 4) is 0 Å². The minimum atomic E-state index is -4.38. The molecular formula is C12H11NaO3S. The van der Waals surface area contributed by atoms with Crippen LogP contribution in [0.4, 0.5) is 0 Å². The van der Waals surface area contributed by atoms with Crippen LogP contribution in [-0.2, 0) is 10.1 Å². The summed E-state index contributed by atoms with van der Waals surface area (Å²) in [6, 6.07) is 8.61. The van der Waals surface area contributed by atoms with Crippen LogP contribution in [-0.4, -0.2) is 13.0 Å². The van der Waals surface area contributed by atoms with Gasteiger partial charge in [-0.25, -0.2) is 8.42 Å². The minimum Gasteiger partial charge on any atom is -0.744 e. The van der Waals surface area contributed by atoms with Gasteiger partial charge in [0.15, 0.2) is 0 Å². The second kappa shape index (κ2) is 5.08. The van der Waals surface area contributed by atoms with Crippen LogP contribution in [0.1, 0.15) is 11.1 Å². The average molecular weight is 258 g/mol. The first-order valence-corrected chi connectivity index (χ1v) is 6.26. The molecule has 0 aliphatic carbocycles. The summed E-state index contributed by atoms with van der Waals surface area (Å²) in [4.78, 5) is -0.164. The molecule has 0 aliphatic rings. The van der Waals surface area contributed by atoms with Crippen LogP contribution in [0.5, 0.6) is 0 Å². The van der Waals surface area contributed by atoms with Crippen molar-refractivity contribution in [2.24, 2.45) is 0 Å². The third-order valence-electron chi connectivity index (χ3n) is 2.58. The van der Waals surface area contributed by atoms with E-state index in [0.29, 0.717) is 0 Å². The van der Waals surface area contributed by atoms with Gasteiger partial charge in [-0.1, -0.05) is 23.8 Å². The normalized spacial score (nSPS) is 11.2. The molecule has 0 fully saturated rings. The van der Waals surface area contributed by atoms with E-state index in [1.807, 2.05) is 25.1 Å². The maximum atomic E-state index is 11.0. The van der Waals surface area contributed by atoms with Crippen molar-refractivity contribution in [3.05, 3.63) is 41.5 Å². The van der Waals surface area contributed by atoms with Crippen molar-refractivity contribution in [2.45, 2.75) is 18.7 Å². The largest absolute Gasteiger partial charge is 1.00 e. The van der Waals surface area contributed by atoms with Gasteiger partial charge in [0.1, 0.15) is 10.1 Å². The Labute approximate surface area is 123 Å². The first-order valence-electron chi connectivity index (χ1n) is 4.85. The Kier molecular flexibility index (Phi) is 4.38. The van der Waals surface area contributed by atoms with Crippen molar-refractivity contribution >= 4 is 20.9 Å². The van der Waals surface area contributed by atoms with Crippen LogP contribution >= 0.6 is 0 Å². The molecular weight excluding hydrogens is 247 g/mol. The van der Waals surface area contributed by atoms with E-state index in [4.69, 9.17) is 0 Å². The van der Waals surface area contributed by atoms with Crippen molar-refractivity contribution < 1.29 is 42.5 Å². The van der Waals surface area contributed by atoms with Crippen molar-refractivity contribution in [2.75, 3.05) is 0 Å². The molecule has 0 amide bonds. The average Bonchev–Trinajstić information content (AvgIpc) is 2.15. The molecule has 2 aromatic rings. The van der Waals surface area contributed by atoms with E-state index in [0.717, 1.165) is 21.9 Å². The number of fused-ring (bicyclic) bond motifs is 1. The van der Waals surface area contributed by atoms with Gasteiger partial charge in [-0.2, -0.15) is 0 Å². The molecule has 0 aliphatic heterocycles. The van der Waals surface area contributed by atoms with E-state index in [2.05, 4.69) is 0 Å². The quantitative estimate of drug-likeness (QED) is 0.505. The molecule has 2 aromatic carbocycles. The molecule has 17 heavy (non-hydrogen) atoms. The molecule has 84 valence electrons. The number of rotatable bonds is 1. The summed E-state index contributed by atoms with van der Waals surface area (Å²) in [6.45, 7) is 3.72. The molecule has 0 saturated carbocycles. The monoisotopic (exact) mass is 258 g/mol. The van der Waals surface area contributed by atoms with E-state index in [-0.39, 0.29) is 34.5 Å². The molecule has 0 unspecified atom stereocenters.